The fourth-order valence-electron chi connectivity index (χ4n) is 4.24. The minimum atomic E-state index is -1.07. The van der Waals surface area contributed by atoms with E-state index in [1.54, 1.807) is 11.0 Å². The molecule has 0 bridgehead atoms. The number of hydrogen-bond donors (Lipinski definition) is 2. The topological polar surface area (TPSA) is 119 Å². The van der Waals surface area contributed by atoms with Gasteiger partial charge < -0.3 is 25.0 Å². The first kappa shape index (κ1) is 21.6. The normalized spacial score (nSPS) is 17.9. The molecular formula is C23H25N5O4. The highest BCUT2D eigenvalue weighted by molar-refractivity contribution is 5.87. The summed E-state index contributed by atoms with van der Waals surface area (Å²) in [5.74, 6) is -1.07. The first-order chi connectivity index (χ1) is 15.6. The zero-order chi connectivity index (χ0) is 22.5. The predicted octanol–water partition coefficient (Wildman–Crippen LogP) is 2.17. The molecule has 3 heterocycles. The minimum absolute atomic E-state index is 0.00369. The molecule has 166 valence electrons. The summed E-state index contributed by atoms with van der Waals surface area (Å²) in [4.78, 5) is 32.3. The molecule has 1 atom stereocenters. The Balaban J connectivity index is 1.52. The highest BCUT2D eigenvalue weighted by Gasteiger charge is 2.33. The van der Waals surface area contributed by atoms with Crippen molar-refractivity contribution in [2.75, 3.05) is 31.1 Å². The van der Waals surface area contributed by atoms with E-state index in [4.69, 9.17) is 4.74 Å². The Labute approximate surface area is 186 Å². The zero-order valence-electron chi connectivity index (χ0n) is 17.7. The molecule has 1 amide bonds. The number of carboxylic acids is 1. The van der Waals surface area contributed by atoms with E-state index in [-0.39, 0.29) is 24.8 Å². The molecule has 2 aromatic rings. The van der Waals surface area contributed by atoms with Gasteiger partial charge in [-0.25, -0.2) is 14.6 Å². The number of fused-ring (bicyclic) bond motifs is 1. The van der Waals surface area contributed by atoms with Crippen LogP contribution in [0, 0.1) is 11.3 Å². The second kappa shape index (κ2) is 9.66. The number of carboxylic acid groups (broad SMARTS) is 1. The van der Waals surface area contributed by atoms with E-state index in [9.17, 15) is 20.0 Å². The summed E-state index contributed by atoms with van der Waals surface area (Å²) < 4.78 is 5.49. The number of aromatic carboxylic acids is 1. The van der Waals surface area contributed by atoms with E-state index in [0.717, 1.165) is 35.5 Å². The van der Waals surface area contributed by atoms with Crippen molar-refractivity contribution in [2.24, 2.45) is 0 Å². The number of nitrogens with zero attached hydrogens (tertiary/aromatic N) is 4. The molecule has 1 aromatic carbocycles. The van der Waals surface area contributed by atoms with E-state index in [0.29, 0.717) is 26.2 Å². The van der Waals surface area contributed by atoms with Crippen LogP contribution in [0.2, 0.25) is 0 Å². The molecule has 2 aliphatic rings. The Kier molecular flexibility index (Phi) is 6.52. The summed E-state index contributed by atoms with van der Waals surface area (Å²) in [5.41, 5.74) is 3.50. The molecule has 2 aliphatic heterocycles. The van der Waals surface area contributed by atoms with Gasteiger partial charge in [-0.1, -0.05) is 30.3 Å². The highest BCUT2D eigenvalue weighted by atomic mass is 16.6. The van der Waals surface area contributed by atoms with Gasteiger partial charge in [0.1, 0.15) is 6.61 Å². The molecule has 0 unspecified atom stereocenters. The van der Waals surface area contributed by atoms with Gasteiger partial charge in [-0.2, -0.15) is 5.26 Å². The SMILES string of the molecule is N#CC[C@H]1CN(c2cc(C(=O)O)nc3c2CCNC3)CCN1C(=O)OCc1ccccc1. The van der Waals surface area contributed by atoms with Gasteiger partial charge in [0.05, 0.1) is 24.2 Å². The molecule has 4 rings (SSSR count). The molecule has 1 aromatic heterocycles. The average molecular weight is 435 g/mol. The van der Waals surface area contributed by atoms with Gasteiger partial charge >= 0.3 is 12.1 Å². The van der Waals surface area contributed by atoms with E-state index >= 15 is 0 Å². The highest BCUT2D eigenvalue weighted by Crippen LogP contribution is 2.29. The number of ether oxygens (including phenoxy) is 1. The molecule has 0 spiro atoms. The number of piperazine rings is 1. The Hall–Kier alpha value is -3.64. The smallest absolute Gasteiger partial charge is 0.410 e. The van der Waals surface area contributed by atoms with Gasteiger partial charge in [-0.05, 0) is 30.2 Å². The van der Waals surface area contributed by atoms with Crippen LogP contribution >= 0.6 is 0 Å². The Morgan fingerprint density at radius 3 is 2.84 bits per heavy atom. The quantitative estimate of drug-likeness (QED) is 0.733. The van der Waals surface area contributed by atoms with Crippen LogP contribution in [0.3, 0.4) is 0 Å². The van der Waals surface area contributed by atoms with E-state index in [2.05, 4.69) is 21.3 Å². The molecule has 0 radical (unpaired) electrons. The van der Waals surface area contributed by atoms with Crippen LogP contribution in [-0.4, -0.2) is 59.3 Å². The number of nitriles is 1. The summed E-state index contributed by atoms with van der Waals surface area (Å²) in [5, 5.41) is 22.1. The molecule has 9 nitrogen and oxygen atoms in total. The van der Waals surface area contributed by atoms with Crippen molar-refractivity contribution in [3.05, 3.63) is 58.9 Å². The number of pyridine rings is 1. The van der Waals surface area contributed by atoms with Crippen molar-refractivity contribution < 1.29 is 19.4 Å². The van der Waals surface area contributed by atoms with Crippen LogP contribution in [-0.2, 0) is 24.3 Å². The number of amides is 1. The Morgan fingerprint density at radius 2 is 2.09 bits per heavy atom. The lowest BCUT2D eigenvalue weighted by Gasteiger charge is -2.42. The lowest BCUT2D eigenvalue weighted by Crippen LogP contribution is -2.55. The van der Waals surface area contributed by atoms with Crippen molar-refractivity contribution in [3.63, 3.8) is 0 Å². The molecular weight excluding hydrogens is 410 g/mol. The predicted molar refractivity (Wildman–Crippen MR) is 116 cm³/mol. The van der Waals surface area contributed by atoms with E-state index in [1.807, 2.05) is 30.3 Å². The van der Waals surface area contributed by atoms with Crippen molar-refractivity contribution in [1.29, 1.82) is 5.26 Å². The van der Waals surface area contributed by atoms with Gasteiger partial charge in [-0.15, -0.1) is 0 Å². The van der Waals surface area contributed by atoms with Crippen molar-refractivity contribution >= 4 is 17.7 Å². The maximum Gasteiger partial charge on any atom is 0.410 e. The molecule has 2 N–H and O–H groups in total. The van der Waals surface area contributed by atoms with Crippen LogP contribution < -0.4 is 10.2 Å². The number of carbonyl (C=O) groups excluding carboxylic acids is 1. The second-order valence-corrected chi connectivity index (χ2v) is 7.88. The number of aromatic nitrogens is 1. The summed E-state index contributed by atoms with van der Waals surface area (Å²) >= 11 is 0. The van der Waals surface area contributed by atoms with Crippen molar-refractivity contribution in [1.82, 2.24) is 15.2 Å². The third kappa shape index (κ3) is 4.65. The molecule has 1 saturated heterocycles. The summed E-state index contributed by atoms with van der Waals surface area (Å²) in [6, 6.07) is 12.9. The van der Waals surface area contributed by atoms with Gasteiger partial charge in [0.15, 0.2) is 5.69 Å². The first-order valence-corrected chi connectivity index (χ1v) is 10.6. The number of nitrogens with one attached hydrogen (secondary N) is 1. The van der Waals surface area contributed by atoms with E-state index in [1.165, 1.54) is 0 Å². The fraction of sp³-hybridized carbons (Fsp3) is 0.391. The largest absolute Gasteiger partial charge is 0.477 e. The maximum absolute atomic E-state index is 12.8. The first-order valence-electron chi connectivity index (χ1n) is 10.6. The van der Waals surface area contributed by atoms with Gasteiger partial charge in [0.2, 0.25) is 0 Å². The summed E-state index contributed by atoms with van der Waals surface area (Å²) in [6.45, 7) is 2.82. The standard InChI is InChI=1S/C23H25N5O4/c24-8-6-17-14-27(10-11-28(17)23(31)32-15-16-4-2-1-3-5-16)21-12-19(22(29)30)26-20-13-25-9-7-18(20)21/h1-5,12,17,25H,6-7,9-11,13-15H2,(H,29,30)/t17-/m0/s1. The molecule has 9 heteroatoms. The minimum Gasteiger partial charge on any atom is -0.477 e. The fourth-order valence-corrected chi connectivity index (χ4v) is 4.24. The maximum atomic E-state index is 12.8. The Bertz CT molecular complexity index is 1040. The van der Waals surface area contributed by atoms with Crippen LogP contribution in [0.15, 0.2) is 36.4 Å². The number of carbonyl (C=O) groups is 2. The number of rotatable bonds is 5. The van der Waals surface area contributed by atoms with Gasteiger partial charge in [0, 0.05) is 31.9 Å². The number of anilines is 1. The molecule has 32 heavy (non-hydrogen) atoms. The second-order valence-electron chi connectivity index (χ2n) is 7.88. The third-order valence-electron chi connectivity index (χ3n) is 5.84. The van der Waals surface area contributed by atoms with Crippen LogP contribution in [0.1, 0.15) is 33.7 Å². The zero-order valence-corrected chi connectivity index (χ0v) is 17.7. The summed E-state index contributed by atoms with van der Waals surface area (Å²) in [6.07, 6.45) is 0.470. The van der Waals surface area contributed by atoms with Crippen LogP contribution in [0.4, 0.5) is 10.5 Å². The molecule has 0 saturated carbocycles. The Morgan fingerprint density at radius 1 is 1.28 bits per heavy atom. The lowest BCUT2D eigenvalue weighted by atomic mass is 10.0. The third-order valence-corrected chi connectivity index (χ3v) is 5.84. The van der Waals surface area contributed by atoms with E-state index < -0.39 is 12.1 Å². The van der Waals surface area contributed by atoms with Gasteiger partial charge in [-0.3, -0.25) is 0 Å². The summed E-state index contributed by atoms with van der Waals surface area (Å²) in [7, 11) is 0. The van der Waals surface area contributed by atoms with Gasteiger partial charge in [0.25, 0.3) is 0 Å². The van der Waals surface area contributed by atoms with Crippen molar-refractivity contribution in [2.45, 2.75) is 32.0 Å². The molecule has 1 fully saturated rings. The number of hydrogen-bond acceptors (Lipinski definition) is 7. The van der Waals surface area contributed by atoms with Crippen LogP contribution in [0.5, 0.6) is 0 Å². The van der Waals surface area contributed by atoms with Crippen molar-refractivity contribution in [3.8, 4) is 6.07 Å². The average Bonchev–Trinajstić information content (AvgIpc) is 2.82. The number of benzene rings is 1. The molecule has 0 aliphatic carbocycles. The lowest BCUT2D eigenvalue weighted by molar-refractivity contribution is 0.0690. The monoisotopic (exact) mass is 435 g/mol. The van der Waals surface area contributed by atoms with Crippen LogP contribution in [0.25, 0.3) is 0 Å².